The van der Waals surface area contributed by atoms with Gasteiger partial charge in [0.25, 0.3) is 0 Å². The molecule has 1 N–H and O–H groups in total. The third-order valence-electron chi connectivity index (χ3n) is 6.97. The second-order valence-electron chi connectivity index (χ2n) is 9.21. The summed E-state index contributed by atoms with van der Waals surface area (Å²) in [5.41, 5.74) is 2.01. The minimum Gasteiger partial charge on any atom is -0.497 e. The highest BCUT2D eigenvalue weighted by molar-refractivity contribution is 7.92. The molecule has 188 valence electrons. The molecule has 35 heavy (non-hydrogen) atoms. The zero-order valence-corrected chi connectivity index (χ0v) is 21.1. The first kappa shape index (κ1) is 25.4. The average Bonchev–Trinajstić information content (AvgIpc) is 3.43. The van der Waals surface area contributed by atoms with E-state index in [2.05, 4.69) is 22.3 Å². The number of nitrogens with one attached hydrogen (secondary N) is 1. The van der Waals surface area contributed by atoms with E-state index < -0.39 is 10.0 Å². The Kier molecular flexibility index (Phi) is 8.59. The molecule has 8 heteroatoms. The first-order valence-corrected chi connectivity index (χ1v) is 13.9. The van der Waals surface area contributed by atoms with Crippen LogP contribution >= 0.6 is 0 Å². The summed E-state index contributed by atoms with van der Waals surface area (Å²) in [6.07, 6.45) is 5.02. The molecule has 1 atom stereocenters. The Morgan fingerprint density at radius 1 is 1.03 bits per heavy atom. The Labute approximate surface area is 208 Å². The molecule has 2 fully saturated rings. The lowest BCUT2D eigenvalue weighted by atomic mass is 9.97. The lowest BCUT2D eigenvalue weighted by molar-refractivity contribution is -0.126. The second-order valence-corrected chi connectivity index (χ2v) is 11.0. The molecule has 0 bridgehead atoms. The van der Waals surface area contributed by atoms with Crippen molar-refractivity contribution in [1.29, 1.82) is 0 Å². The van der Waals surface area contributed by atoms with Gasteiger partial charge in [0.2, 0.25) is 15.9 Å². The number of likely N-dealkylation sites (tertiary alicyclic amines) is 1. The molecule has 1 amide bonds. The molecule has 2 aliphatic heterocycles. The maximum atomic E-state index is 13.0. The molecule has 0 spiro atoms. The van der Waals surface area contributed by atoms with Crippen molar-refractivity contribution in [3.8, 4) is 5.75 Å². The van der Waals surface area contributed by atoms with Crippen LogP contribution in [0.1, 0.15) is 42.9 Å². The Morgan fingerprint density at radius 3 is 2.31 bits per heavy atom. The van der Waals surface area contributed by atoms with E-state index in [1.54, 1.807) is 13.2 Å². The molecular weight excluding hydrogens is 462 g/mol. The smallest absolute Gasteiger partial charge is 0.236 e. The highest BCUT2D eigenvalue weighted by atomic mass is 32.2. The topological polar surface area (TPSA) is 79.0 Å². The van der Waals surface area contributed by atoms with E-state index >= 15 is 0 Å². The lowest BCUT2D eigenvalue weighted by Crippen LogP contribution is -2.44. The number of methoxy groups -OCH3 is 1. The molecule has 7 nitrogen and oxygen atoms in total. The summed E-state index contributed by atoms with van der Waals surface area (Å²) in [6.45, 7) is 3.31. The van der Waals surface area contributed by atoms with Crippen LogP contribution in [0.4, 0.5) is 0 Å². The highest BCUT2D eigenvalue weighted by Gasteiger charge is 2.31. The molecule has 4 rings (SSSR count). The largest absolute Gasteiger partial charge is 0.497 e. The van der Waals surface area contributed by atoms with Crippen LogP contribution < -0.4 is 10.1 Å². The maximum absolute atomic E-state index is 13.0. The van der Waals surface area contributed by atoms with Crippen LogP contribution in [0, 0.1) is 5.92 Å². The van der Waals surface area contributed by atoms with Crippen molar-refractivity contribution < 1.29 is 17.9 Å². The van der Waals surface area contributed by atoms with Gasteiger partial charge in [-0.05, 0) is 68.1 Å². The Balaban J connectivity index is 1.31. The van der Waals surface area contributed by atoms with Gasteiger partial charge in [-0.1, -0.05) is 42.5 Å². The fourth-order valence-corrected chi connectivity index (χ4v) is 6.09. The standard InChI is InChI=1S/C27H35N3O4S/c1-34-25-11-9-23(10-12-25)26(29-16-5-6-17-29)21-28-27(31)24-13-18-30(19-14-24)35(32,33)20-15-22-7-3-2-4-8-22/h2-4,7-12,15,20,24,26H,5-6,13-14,16-19,21H2,1H3,(H,28,31)/b20-15+. The number of amides is 1. The summed E-state index contributed by atoms with van der Waals surface area (Å²) < 4.78 is 32.2. The Hall–Kier alpha value is -2.68. The van der Waals surface area contributed by atoms with Crippen LogP contribution in [0.2, 0.25) is 0 Å². The first-order chi connectivity index (χ1) is 17.0. The van der Waals surface area contributed by atoms with Crippen molar-refractivity contribution in [1.82, 2.24) is 14.5 Å². The van der Waals surface area contributed by atoms with Crippen LogP contribution in [0.15, 0.2) is 60.0 Å². The number of sulfonamides is 1. The monoisotopic (exact) mass is 497 g/mol. The quantitative estimate of drug-likeness (QED) is 0.572. The van der Waals surface area contributed by atoms with E-state index in [1.807, 2.05) is 42.5 Å². The van der Waals surface area contributed by atoms with Gasteiger partial charge in [0.15, 0.2) is 0 Å². The molecule has 0 aromatic heterocycles. The molecule has 2 saturated heterocycles. The maximum Gasteiger partial charge on any atom is 0.236 e. The number of benzene rings is 2. The lowest BCUT2D eigenvalue weighted by Gasteiger charge is -2.31. The van der Waals surface area contributed by atoms with Gasteiger partial charge in [0.05, 0.1) is 13.2 Å². The third-order valence-corrected chi connectivity index (χ3v) is 8.53. The van der Waals surface area contributed by atoms with Crippen molar-refractivity contribution in [2.24, 2.45) is 5.92 Å². The van der Waals surface area contributed by atoms with E-state index in [1.165, 1.54) is 28.1 Å². The summed E-state index contributed by atoms with van der Waals surface area (Å²) in [5.74, 6) is 0.660. The molecule has 0 radical (unpaired) electrons. The molecular formula is C27H35N3O4S. The summed E-state index contributed by atoms with van der Waals surface area (Å²) in [5, 5.41) is 4.43. The summed E-state index contributed by atoms with van der Waals surface area (Å²) in [7, 11) is -1.85. The number of hydrogen-bond acceptors (Lipinski definition) is 5. The average molecular weight is 498 g/mol. The van der Waals surface area contributed by atoms with Crippen LogP contribution in [0.25, 0.3) is 6.08 Å². The van der Waals surface area contributed by atoms with Gasteiger partial charge in [-0.25, -0.2) is 8.42 Å². The molecule has 2 aromatic rings. The van der Waals surface area contributed by atoms with Gasteiger partial charge < -0.3 is 10.1 Å². The zero-order valence-electron chi connectivity index (χ0n) is 20.3. The summed E-state index contributed by atoms with van der Waals surface area (Å²) >= 11 is 0. The summed E-state index contributed by atoms with van der Waals surface area (Å²) in [4.78, 5) is 15.4. The zero-order chi connectivity index (χ0) is 24.7. The van der Waals surface area contributed by atoms with Crippen LogP contribution in [-0.2, 0) is 14.8 Å². The number of carbonyl (C=O) groups is 1. The minimum atomic E-state index is -3.51. The van der Waals surface area contributed by atoms with Gasteiger partial charge in [-0.15, -0.1) is 0 Å². The molecule has 0 saturated carbocycles. The SMILES string of the molecule is COc1ccc(C(CNC(=O)C2CCN(S(=O)(=O)/C=C/c3ccccc3)CC2)N2CCCC2)cc1. The van der Waals surface area contributed by atoms with Crippen LogP contribution in [-0.4, -0.2) is 63.4 Å². The number of nitrogens with zero attached hydrogens (tertiary/aromatic N) is 2. The number of rotatable bonds is 9. The van der Waals surface area contributed by atoms with Gasteiger partial charge in [-0.2, -0.15) is 4.31 Å². The van der Waals surface area contributed by atoms with E-state index in [0.717, 1.165) is 24.4 Å². The number of carbonyl (C=O) groups excluding carboxylic acids is 1. The third kappa shape index (κ3) is 6.72. The van der Waals surface area contributed by atoms with Crippen molar-refractivity contribution in [3.05, 3.63) is 71.1 Å². The molecule has 1 unspecified atom stereocenters. The molecule has 2 heterocycles. The number of hydrogen-bond donors (Lipinski definition) is 1. The van der Waals surface area contributed by atoms with Gasteiger partial charge in [0, 0.05) is 31.0 Å². The van der Waals surface area contributed by atoms with Gasteiger partial charge in [-0.3, -0.25) is 9.69 Å². The normalized spacial score (nSPS) is 19.1. The highest BCUT2D eigenvalue weighted by Crippen LogP contribution is 2.27. The van der Waals surface area contributed by atoms with E-state index in [0.29, 0.717) is 32.5 Å². The van der Waals surface area contributed by atoms with E-state index in [9.17, 15) is 13.2 Å². The number of ether oxygens (including phenoxy) is 1. The van der Waals surface area contributed by atoms with Crippen molar-refractivity contribution in [2.45, 2.75) is 31.7 Å². The van der Waals surface area contributed by atoms with Gasteiger partial charge in [0.1, 0.15) is 5.75 Å². The van der Waals surface area contributed by atoms with E-state index in [4.69, 9.17) is 4.74 Å². The van der Waals surface area contributed by atoms with Crippen LogP contribution in [0.5, 0.6) is 5.75 Å². The fourth-order valence-electron chi connectivity index (χ4n) is 4.87. The van der Waals surface area contributed by atoms with Crippen molar-refractivity contribution in [2.75, 3.05) is 39.8 Å². The molecule has 0 aliphatic carbocycles. The Morgan fingerprint density at radius 2 is 1.69 bits per heavy atom. The van der Waals surface area contributed by atoms with Crippen LogP contribution in [0.3, 0.4) is 0 Å². The fraction of sp³-hybridized carbons (Fsp3) is 0.444. The predicted molar refractivity (Wildman–Crippen MR) is 138 cm³/mol. The summed E-state index contributed by atoms with van der Waals surface area (Å²) in [6, 6.07) is 17.6. The van der Waals surface area contributed by atoms with Crippen molar-refractivity contribution in [3.63, 3.8) is 0 Å². The molecule has 2 aliphatic rings. The molecule has 2 aromatic carbocycles. The first-order valence-electron chi connectivity index (χ1n) is 12.4. The van der Waals surface area contributed by atoms with Gasteiger partial charge >= 0.3 is 0 Å². The predicted octanol–water partition coefficient (Wildman–Crippen LogP) is 3.66. The minimum absolute atomic E-state index is 0.0135. The van der Waals surface area contributed by atoms with Crippen molar-refractivity contribution >= 4 is 22.0 Å². The second kappa shape index (κ2) is 11.8. The number of piperidine rings is 1. The Bertz CT molecular complexity index is 1090. The van der Waals surface area contributed by atoms with E-state index in [-0.39, 0.29) is 17.9 Å².